The first-order chi connectivity index (χ1) is 19.3. The average Bonchev–Trinajstić information content (AvgIpc) is 3.28. The van der Waals surface area contributed by atoms with E-state index in [1.165, 1.54) is 4.90 Å². The third kappa shape index (κ3) is 4.00. The van der Waals surface area contributed by atoms with Crippen LogP contribution >= 0.6 is 11.6 Å². The van der Waals surface area contributed by atoms with Crippen LogP contribution in [0.1, 0.15) is 18.1 Å². The second-order valence-electron chi connectivity index (χ2n) is 11.0. The number of anilines is 1. The van der Waals surface area contributed by atoms with Gasteiger partial charge in [0.05, 0.1) is 41.3 Å². The van der Waals surface area contributed by atoms with Crippen molar-refractivity contribution in [2.45, 2.75) is 44.2 Å². The number of benzene rings is 2. The Morgan fingerprint density at radius 3 is 2.52 bits per heavy atom. The van der Waals surface area contributed by atoms with Gasteiger partial charge in [0.2, 0.25) is 11.8 Å². The van der Waals surface area contributed by atoms with Crippen LogP contribution in [0.4, 0.5) is 5.69 Å². The standard InChI is InChI=1S/C31H32ClN3O5/c1-19-9-6-12-22(32)26(19)34-16-8-14-31-25(29(38)35(20(2)18-36)27(31)30(34)39)24-23(40-31)13-7-15-33(28(24)37)17-21-10-4-3-5-11-21/h3-14,20,23-25,27,36H,15-18H2,1-2H3/t20-,23-,24+,25+,27?,31+/m1/s1. The van der Waals surface area contributed by atoms with Crippen molar-refractivity contribution in [2.24, 2.45) is 11.8 Å². The topological polar surface area (TPSA) is 90.4 Å². The molecule has 6 atom stereocenters. The fraction of sp³-hybridized carbons (Fsp3) is 0.387. The molecule has 0 bridgehead atoms. The van der Waals surface area contributed by atoms with Crippen LogP contribution in [-0.2, 0) is 25.7 Å². The lowest BCUT2D eigenvalue weighted by molar-refractivity contribution is -0.146. The zero-order valence-corrected chi connectivity index (χ0v) is 23.2. The Labute approximate surface area is 238 Å². The summed E-state index contributed by atoms with van der Waals surface area (Å²) in [5.74, 6) is -2.63. The number of hydrogen-bond donors (Lipinski definition) is 1. The number of aryl methyl sites for hydroxylation is 1. The zero-order chi connectivity index (χ0) is 28.2. The first-order valence-corrected chi connectivity index (χ1v) is 14.0. The van der Waals surface area contributed by atoms with Gasteiger partial charge in [0.1, 0.15) is 11.6 Å². The molecule has 2 aromatic carbocycles. The molecule has 8 nitrogen and oxygen atoms in total. The lowest BCUT2D eigenvalue weighted by Gasteiger charge is -2.37. The van der Waals surface area contributed by atoms with Crippen LogP contribution in [0.15, 0.2) is 72.8 Å². The van der Waals surface area contributed by atoms with Gasteiger partial charge in [-0.05, 0) is 31.0 Å². The lowest BCUT2D eigenvalue weighted by Crippen LogP contribution is -2.57. The summed E-state index contributed by atoms with van der Waals surface area (Å²) in [6.45, 7) is 4.27. The SMILES string of the molecule is Cc1cccc(Cl)c1N1CC=C[C@]23O[C@@H]4C=CCN(Cc5ccccc5)C(=O)[C@@H]4[C@H]2C(=O)N([C@H](C)CO)C3C1=O. The van der Waals surface area contributed by atoms with Crippen molar-refractivity contribution in [3.05, 3.63) is 89.0 Å². The number of aliphatic hydroxyl groups is 1. The van der Waals surface area contributed by atoms with E-state index in [1.54, 1.807) is 28.9 Å². The molecule has 208 valence electrons. The highest BCUT2D eigenvalue weighted by molar-refractivity contribution is 6.34. The first-order valence-electron chi connectivity index (χ1n) is 13.6. The molecule has 4 heterocycles. The molecule has 2 aromatic rings. The zero-order valence-electron chi connectivity index (χ0n) is 22.4. The number of rotatable bonds is 5. The maximum atomic E-state index is 14.5. The second-order valence-corrected chi connectivity index (χ2v) is 11.4. The number of hydrogen-bond acceptors (Lipinski definition) is 5. The summed E-state index contributed by atoms with van der Waals surface area (Å²) in [6, 6.07) is 13.4. The predicted octanol–water partition coefficient (Wildman–Crippen LogP) is 3.11. The van der Waals surface area contributed by atoms with Crippen LogP contribution < -0.4 is 4.90 Å². The van der Waals surface area contributed by atoms with E-state index >= 15 is 0 Å². The Morgan fingerprint density at radius 2 is 1.80 bits per heavy atom. The number of likely N-dealkylation sites (tertiary alicyclic amines) is 1. The number of aliphatic hydroxyl groups excluding tert-OH is 1. The average molecular weight is 562 g/mol. The fourth-order valence-electron chi connectivity index (χ4n) is 6.80. The van der Waals surface area contributed by atoms with Crippen LogP contribution in [0.2, 0.25) is 5.02 Å². The molecule has 6 rings (SSSR count). The summed E-state index contributed by atoms with van der Waals surface area (Å²) < 4.78 is 6.67. The van der Waals surface area contributed by atoms with Crippen molar-refractivity contribution in [2.75, 3.05) is 24.6 Å². The van der Waals surface area contributed by atoms with Crippen molar-refractivity contribution in [1.29, 1.82) is 0 Å². The fourth-order valence-corrected chi connectivity index (χ4v) is 7.13. The Morgan fingerprint density at radius 1 is 1.02 bits per heavy atom. The van der Waals surface area contributed by atoms with Crippen molar-refractivity contribution in [3.8, 4) is 0 Å². The van der Waals surface area contributed by atoms with Crippen molar-refractivity contribution in [1.82, 2.24) is 9.80 Å². The van der Waals surface area contributed by atoms with E-state index in [9.17, 15) is 19.5 Å². The highest BCUT2D eigenvalue weighted by atomic mass is 35.5. The quantitative estimate of drug-likeness (QED) is 0.567. The highest BCUT2D eigenvalue weighted by Gasteiger charge is 2.72. The molecule has 1 unspecified atom stereocenters. The van der Waals surface area contributed by atoms with Crippen molar-refractivity contribution >= 4 is 35.0 Å². The van der Waals surface area contributed by atoms with Gasteiger partial charge in [0.25, 0.3) is 5.91 Å². The molecule has 0 aromatic heterocycles. The maximum Gasteiger partial charge on any atom is 0.253 e. The highest BCUT2D eigenvalue weighted by Crippen LogP contribution is 2.54. The minimum absolute atomic E-state index is 0.185. The molecular weight excluding hydrogens is 530 g/mol. The molecule has 2 saturated heterocycles. The smallest absolute Gasteiger partial charge is 0.253 e. The number of amides is 3. The van der Waals surface area contributed by atoms with Crippen molar-refractivity contribution < 1.29 is 24.2 Å². The summed E-state index contributed by atoms with van der Waals surface area (Å²) >= 11 is 6.58. The van der Waals surface area contributed by atoms with Crippen LogP contribution in [0.5, 0.6) is 0 Å². The summed E-state index contributed by atoms with van der Waals surface area (Å²) in [4.78, 5) is 47.6. The summed E-state index contributed by atoms with van der Waals surface area (Å²) in [6.07, 6.45) is 6.71. The van der Waals surface area contributed by atoms with E-state index in [2.05, 4.69) is 0 Å². The van der Waals surface area contributed by atoms with Gasteiger partial charge in [0, 0.05) is 19.6 Å². The third-order valence-electron chi connectivity index (χ3n) is 8.59. The molecule has 4 aliphatic rings. The van der Waals surface area contributed by atoms with Gasteiger partial charge in [-0.25, -0.2) is 0 Å². The van der Waals surface area contributed by atoms with Gasteiger partial charge in [0.15, 0.2) is 0 Å². The monoisotopic (exact) mass is 561 g/mol. The molecule has 9 heteroatoms. The Hall–Kier alpha value is -3.46. The molecule has 0 saturated carbocycles. The van der Waals surface area contributed by atoms with Gasteiger partial charge in [-0.2, -0.15) is 0 Å². The van der Waals surface area contributed by atoms with Gasteiger partial charge >= 0.3 is 0 Å². The molecule has 4 aliphatic heterocycles. The third-order valence-corrected chi connectivity index (χ3v) is 8.90. The van der Waals surface area contributed by atoms with Gasteiger partial charge in [-0.15, -0.1) is 0 Å². The molecule has 2 fully saturated rings. The number of fused-ring (bicyclic) bond motifs is 2. The molecular formula is C31H32ClN3O5. The first kappa shape index (κ1) is 26.7. The minimum atomic E-state index is -1.37. The summed E-state index contributed by atoms with van der Waals surface area (Å²) in [5, 5.41) is 10.6. The second kappa shape index (κ2) is 10.2. The molecule has 0 radical (unpaired) electrons. The number of carbonyl (C=O) groups excluding carboxylic acids is 3. The van der Waals surface area contributed by atoms with Crippen molar-refractivity contribution in [3.63, 3.8) is 0 Å². The number of ether oxygens (including phenoxy) is 1. The van der Waals surface area contributed by atoms with Crippen LogP contribution in [0, 0.1) is 18.8 Å². The largest absolute Gasteiger partial charge is 0.394 e. The number of halogens is 1. The number of para-hydroxylation sites is 1. The van der Waals surface area contributed by atoms with E-state index in [1.807, 2.05) is 67.6 Å². The van der Waals surface area contributed by atoms with Gasteiger partial charge in [-0.1, -0.05) is 78.4 Å². The summed E-state index contributed by atoms with van der Waals surface area (Å²) in [7, 11) is 0. The molecule has 1 spiro atoms. The van der Waals surface area contributed by atoms with E-state index in [0.29, 0.717) is 23.8 Å². The summed E-state index contributed by atoms with van der Waals surface area (Å²) in [5.41, 5.74) is 1.01. The van der Waals surface area contributed by atoms with E-state index in [0.717, 1.165) is 11.1 Å². The molecule has 3 amide bonds. The van der Waals surface area contributed by atoms with Gasteiger partial charge in [-0.3, -0.25) is 14.4 Å². The van der Waals surface area contributed by atoms with E-state index in [4.69, 9.17) is 16.3 Å². The lowest BCUT2D eigenvalue weighted by atomic mass is 9.77. The maximum absolute atomic E-state index is 14.5. The van der Waals surface area contributed by atoms with Gasteiger partial charge < -0.3 is 24.5 Å². The molecule has 40 heavy (non-hydrogen) atoms. The number of carbonyl (C=O) groups is 3. The Kier molecular flexibility index (Phi) is 6.81. The van der Waals surface area contributed by atoms with E-state index in [-0.39, 0.29) is 30.9 Å². The number of nitrogens with zero attached hydrogens (tertiary/aromatic N) is 3. The molecule has 0 aliphatic carbocycles. The van der Waals surface area contributed by atoms with Crippen LogP contribution in [0.25, 0.3) is 0 Å². The normalized spacial score (nSPS) is 30.2. The van der Waals surface area contributed by atoms with Crippen LogP contribution in [-0.4, -0.2) is 76.1 Å². The van der Waals surface area contributed by atoms with Crippen LogP contribution in [0.3, 0.4) is 0 Å². The van der Waals surface area contributed by atoms with E-state index < -0.39 is 35.6 Å². The minimum Gasteiger partial charge on any atom is -0.394 e. The predicted molar refractivity (Wildman–Crippen MR) is 150 cm³/mol. The Bertz CT molecular complexity index is 1390. The Balaban J connectivity index is 1.43. The molecule has 1 N–H and O–H groups in total.